The van der Waals surface area contributed by atoms with Gasteiger partial charge in [-0.15, -0.1) is 5.10 Å². The van der Waals surface area contributed by atoms with Crippen molar-refractivity contribution in [2.75, 3.05) is 0 Å². The number of nitrogens with zero attached hydrogens (tertiary/aromatic N) is 7. The number of H-pyrrole nitrogens is 1. The highest BCUT2D eigenvalue weighted by Gasteiger charge is 2.28. The third-order valence-corrected chi connectivity index (χ3v) is 9.04. The number of nitrogens with one attached hydrogen (secondary N) is 1. The number of tetrazole rings is 1. The molecule has 0 bridgehead atoms. The number of rotatable bonds is 9. The van der Waals surface area contributed by atoms with E-state index >= 15 is 0 Å². The second-order valence-electron chi connectivity index (χ2n) is 13.8. The summed E-state index contributed by atoms with van der Waals surface area (Å²) in [6.07, 6.45) is 0.816. The topological polar surface area (TPSA) is 98.1 Å². The number of aromatic nitrogens is 8. The molecular formula is C40H40N8. The van der Waals surface area contributed by atoms with E-state index in [1.54, 1.807) is 0 Å². The maximum Gasteiger partial charge on any atom is 0.180 e. The van der Waals surface area contributed by atoms with Gasteiger partial charge in [0.05, 0.1) is 16.9 Å². The Labute approximate surface area is 281 Å². The Morgan fingerprint density at radius 1 is 0.667 bits per heavy atom. The standard InChI is InChI=1S/C40H40N8/c1-26(29-14-8-6-9-15-29)35-37-38(36(43-42-35)27(2)30-16-10-7-11-17-30)48(34(41-37)24-40(3,4)5)25-28-20-22-31(23-21-28)32-18-12-13-19-33(32)39-44-46-47-45-39/h6-23,26-27H,24-25H2,1-5H3,(H,44,45,46,47). The van der Waals surface area contributed by atoms with Crippen LogP contribution in [0.25, 0.3) is 33.5 Å². The van der Waals surface area contributed by atoms with Crippen molar-refractivity contribution in [1.82, 2.24) is 40.4 Å². The molecule has 0 saturated carbocycles. The van der Waals surface area contributed by atoms with E-state index in [9.17, 15) is 0 Å². The van der Waals surface area contributed by atoms with Gasteiger partial charge in [-0.05, 0) is 43.7 Å². The minimum Gasteiger partial charge on any atom is -0.322 e. The number of benzene rings is 4. The minimum absolute atomic E-state index is 0.0273. The molecule has 240 valence electrons. The first-order valence-corrected chi connectivity index (χ1v) is 16.5. The van der Waals surface area contributed by atoms with Crippen LogP contribution in [-0.2, 0) is 13.0 Å². The van der Waals surface area contributed by atoms with Gasteiger partial charge in [0, 0.05) is 30.4 Å². The summed E-state index contributed by atoms with van der Waals surface area (Å²) in [6.45, 7) is 11.9. The quantitative estimate of drug-likeness (QED) is 0.171. The summed E-state index contributed by atoms with van der Waals surface area (Å²) in [4.78, 5) is 5.42. The second-order valence-corrected chi connectivity index (χ2v) is 13.8. The predicted molar refractivity (Wildman–Crippen MR) is 191 cm³/mol. The van der Waals surface area contributed by atoms with Crippen molar-refractivity contribution < 1.29 is 0 Å². The first kappa shape index (κ1) is 31.1. The average molecular weight is 633 g/mol. The van der Waals surface area contributed by atoms with E-state index in [2.05, 4.69) is 145 Å². The number of imidazole rings is 1. The van der Waals surface area contributed by atoms with Gasteiger partial charge in [0.25, 0.3) is 0 Å². The lowest BCUT2D eigenvalue weighted by Crippen LogP contribution is -2.16. The number of fused-ring (bicyclic) bond motifs is 1. The lowest BCUT2D eigenvalue weighted by atomic mass is 9.92. The zero-order valence-electron chi connectivity index (χ0n) is 28.1. The SMILES string of the molecule is CC(c1ccccc1)c1nnc(C(C)c2ccccc2)c2c1nc(CC(C)(C)C)n2Cc1ccc(-c2ccccc2-c2nnn[nH]2)cc1. The molecule has 7 rings (SSSR count). The second kappa shape index (κ2) is 13.0. The molecule has 2 unspecified atom stereocenters. The van der Waals surface area contributed by atoms with Crippen molar-refractivity contribution in [2.24, 2.45) is 5.41 Å². The lowest BCUT2D eigenvalue weighted by molar-refractivity contribution is 0.394. The van der Waals surface area contributed by atoms with Gasteiger partial charge in [-0.25, -0.2) is 10.1 Å². The Kier molecular flexibility index (Phi) is 8.40. The molecule has 0 aliphatic heterocycles. The van der Waals surface area contributed by atoms with Crippen molar-refractivity contribution in [3.8, 4) is 22.5 Å². The molecule has 0 spiro atoms. The third kappa shape index (κ3) is 6.26. The molecule has 1 N–H and O–H groups in total. The molecule has 7 aromatic rings. The molecule has 2 atom stereocenters. The van der Waals surface area contributed by atoms with Crippen LogP contribution in [0.1, 0.15) is 80.4 Å². The summed E-state index contributed by atoms with van der Waals surface area (Å²) < 4.78 is 2.40. The highest BCUT2D eigenvalue weighted by Crippen LogP contribution is 2.36. The molecule has 0 aliphatic carbocycles. The van der Waals surface area contributed by atoms with E-state index < -0.39 is 0 Å². The van der Waals surface area contributed by atoms with E-state index in [0.717, 1.165) is 51.4 Å². The largest absolute Gasteiger partial charge is 0.322 e. The highest BCUT2D eigenvalue weighted by molar-refractivity contribution is 5.83. The number of aromatic amines is 1. The highest BCUT2D eigenvalue weighted by atomic mass is 15.5. The van der Waals surface area contributed by atoms with Crippen LogP contribution in [0.15, 0.2) is 109 Å². The van der Waals surface area contributed by atoms with E-state index in [1.807, 2.05) is 24.3 Å². The molecule has 48 heavy (non-hydrogen) atoms. The normalized spacial score (nSPS) is 13.1. The average Bonchev–Trinajstić information content (AvgIpc) is 3.77. The maximum absolute atomic E-state index is 5.42. The number of hydrogen-bond donors (Lipinski definition) is 1. The molecule has 4 aromatic carbocycles. The first-order valence-electron chi connectivity index (χ1n) is 16.5. The van der Waals surface area contributed by atoms with Crippen LogP contribution >= 0.6 is 0 Å². The fourth-order valence-corrected chi connectivity index (χ4v) is 6.49. The monoisotopic (exact) mass is 632 g/mol. The first-order chi connectivity index (χ1) is 23.3. The van der Waals surface area contributed by atoms with E-state index in [-0.39, 0.29) is 17.3 Å². The fourth-order valence-electron chi connectivity index (χ4n) is 6.49. The third-order valence-electron chi connectivity index (χ3n) is 9.04. The maximum atomic E-state index is 5.42. The van der Waals surface area contributed by atoms with Gasteiger partial charge < -0.3 is 4.57 Å². The van der Waals surface area contributed by atoms with Crippen molar-refractivity contribution in [3.63, 3.8) is 0 Å². The number of hydrogen-bond acceptors (Lipinski definition) is 6. The van der Waals surface area contributed by atoms with Crippen LogP contribution in [0, 0.1) is 5.41 Å². The van der Waals surface area contributed by atoms with Crippen LogP contribution < -0.4 is 0 Å². The Morgan fingerprint density at radius 2 is 1.25 bits per heavy atom. The van der Waals surface area contributed by atoms with Crippen molar-refractivity contribution in [3.05, 3.63) is 143 Å². The Bertz CT molecular complexity index is 2130. The van der Waals surface area contributed by atoms with Gasteiger partial charge in [0.1, 0.15) is 11.3 Å². The lowest BCUT2D eigenvalue weighted by Gasteiger charge is -2.20. The van der Waals surface area contributed by atoms with Gasteiger partial charge >= 0.3 is 0 Å². The van der Waals surface area contributed by atoms with E-state index in [0.29, 0.717) is 12.4 Å². The van der Waals surface area contributed by atoms with Crippen LogP contribution in [0.2, 0.25) is 0 Å². The van der Waals surface area contributed by atoms with E-state index in [4.69, 9.17) is 15.2 Å². The molecular weight excluding hydrogens is 592 g/mol. The summed E-state index contributed by atoms with van der Waals surface area (Å²) in [7, 11) is 0. The molecule has 8 heteroatoms. The summed E-state index contributed by atoms with van der Waals surface area (Å²) in [5.74, 6) is 1.76. The fraction of sp³-hybridized carbons (Fsp3) is 0.250. The van der Waals surface area contributed by atoms with Crippen molar-refractivity contribution >= 4 is 11.0 Å². The predicted octanol–water partition coefficient (Wildman–Crippen LogP) is 8.61. The van der Waals surface area contributed by atoms with Gasteiger partial charge in [-0.2, -0.15) is 10.2 Å². The summed E-state index contributed by atoms with van der Waals surface area (Å²) in [6, 6.07) is 38.0. The summed E-state index contributed by atoms with van der Waals surface area (Å²) in [5, 5.41) is 24.5. The van der Waals surface area contributed by atoms with Gasteiger partial charge in [-0.3, -0.25) is 0 Å². The smallest absolute Gasteiger partial charge is 0.180 e. The molecule has 0 saturated heterocycles. The van der Waals surface area contributed by atoms with Gasteiger partial charge in [-0.1, -0.05) is 144 Å². The molecule has 0 amide bonds. The van der Waals surface area contributed by atoms with Crippen LogP contribution in [0.3, 0.4) is 0 Å². The Balaban J connectivity index is 1.37. The van der Waals surface area contributed by atoms with E-state index in [1.165, 1.54) is 16.7 Å². The van der Waals surface area contributed by atoms with Crippen LogP contribution in [-0.4, -0.2) is 40.4 Å². The van der Waals surface area contributed by atoms with Gasteiger partial charge in [0.15, 0.2) is 5.82 Å². The summed E-state index contributed by atoms with van der Waals surface area (Å²) in [5.41, 5.74) is 10.6. The zero-order chi connectivity index (χ0) is 33.3. The summed E-state index contributed by atoms with van der Waals surface area (Å²) >= 11 is 0. The van der Waals surface area contributed by atoms with Crippen molar-refractivity contribution in [2.45, 2.75) is 59.4 Å². The Morgan fingerprint density at radius 3 is 1.85 bits per heavy atom. The van der Waals surface area contributed by atoms with Gasteiger partial charge in [0.2, 0.25) is 0 Å². The molecule has 0 fully saturated rings. The van der Waals surface area contributed by atoms with Crippen LogP contribution in [0.5, 0.6) is 0 Å². The zero-order valence-corrected chi connectivity index (χ0v) is 28.1. The minimum atomic E-state index is 0.0273. The van der Waals surface area contributed by atoms with Crippen molar-refractivity contribution in [1.29, 1.82) is 0 Å². The van der Waals surface area contributed by atoms with Crippen LogP contribution in [0.4, 0.5) is 0 Å². The molecule has 0 aliphatic rings. The Hall–Kier alpha value is -5.50. The molecule has 3 heterocycles. The molecule has 3 aromatic heterocycles. The molecule has 8 nitrogen and oxygen atoms in total. The molecule has 0 radical (unpaired) electrons.